The number of ether oxygens (including phenoxy) is 1. The lowest BCUT2D eigenvalue weighted by molar-refractivity contribution is 0.150. The van der Waals surface area contributed by atoms with E-state index in [9.17, 15) is 9.18 Å². The number of tetrazole rings is 1. The van der Waals surface area contributed by atoms with Crippen molar-refractivity contribution in [3.8, 4) is 5.75 Å². The molecule has 0 aliphatic rings. The van der Waals surface area contributed by atoms with Crippen molar-refractivity contribution in [1.82, 2.24) is 30.1 Å². The van der Waals surface area contributed by atoms with E-state index in [-0.39, 0.29) is 23.0 Å². The van der Waals surface area contributed by atoms with Crippen LogP contribution in [0.1, 0.15) is 63.5 Å². The zero-order valence-corrected chi connectivity index (χ0v) is 21.5. The van der Waals surface area contributed by atoms with E-state index in [1.165, 1.54) is 12.1 Å². The number of fused-ring (bicyclic) bond motifs is 1. The van der Waals surface area contributed by atoms with E-state index in [0.29, 0.717) is 29.9 Å². The molecule has 1 N–H and O–H groups in total. The zero-order chi connectivity index (χ0) is 25.9. The van der Waals surface area contributed by atoms with E-state index in [4.69, 9.17) is 4.74 Å². The molecule has 2 aromatic heterocycles. The second kappa shape index (κ2) is 10.6. The first-order chi connectivity index (χ1) is 17.2. The van der Waals surface area contributed by atoms with Gasteiger partial charge in [-0.05, 0) is 78.4 Å². The molecule has 0 aliphatic carbocycles. The summed E-state index contributed by atoms with van der Waals surface area (Å²) in [5.41, 5.74) is 1.84. The standard InChI is InChI=1S/C27H33FN6O2/c1-6-24(25-30-31-32-34(25)27(3,4)7-2)33(16-18-8-11-21(28)12-9-18)17-20-14-19-10-13-22(36-5)15-23(19)29-26(20)35/h8-15,24H,6-7,16-17H2,1-5H3,(H,29,35). The summed E-state index contributed by atoms with van der Waals surface area (Å²) in [6, 6.07) is 13.8. The molecular formula is C27H33FN6O2. The average Bonchev–Trinajstić information content (AvgIpc) is 3.36. The molecule has 8 nitrogen and oxygen atoms in total. The van der Waals surface area contributed by atoms with Crippen LogP contribution in [-0.4, -0.2) is 37.2 Å². The Morgan fingerprint density at radius 2 is 1.86 bits per heavy atom. The van der Waals surface area contributed by atoms with Crippen LogP contribution in [-0.2, 0) is 18.6 Å². The SMILES string of the molecule is CCC(c1nnnn1C(C)(C)CC)N(Cc1ccc(F)cc1)Cc1cc2ccc(OC)cc2[nH]c1=O. The molecule has 0 bridgehead atoms. The predicted octanol–water partition coefficient (Wildman–Crippen LogP) is 4.96. The Kier molecular flexibility index (Phi) is 7.49. The Balaban J connectivity index is 1.76. The lowest BCUT2D eigenvalue weighted by Gasteiger charge is -2.33. The van der Waals surface area contributed by atoms with Gasteiger partial charge in [0, 0.05) is 24.7 Å². The van der Waals surface area contributed by atoms with E-state index in [1.54, 1.807) is 19.2 Å². The number of halogens is 1. The largest absolute Gasteiger partial charge is 0.497 e. The van der Waals surface area contributed by atoms with Crippen LogP contribution in [0.2, 0.25) is 0 Å². The number of pyridine rings is 1. The van der Waals surface area contributed by atoms with Crippen molar-refractivity contribution in [2.75, 3.05) is 7.11 Å². The van der Waals surface area contributed by atoms with Gasteiger partial charge in [0.15, 0.2) is 5.82 Å². The molecule has 0 radical (unpaired) electrons. The van der Waals surface area contributed by atoms with Gasteiger partial charge in [-0.25, -0.2) is 9.07 Å². The number of aromatic nitrogens is 5. The summed E-state index contributed by atoms with van der Waals surface area (Å²) in [7, 11) is 1.60. The molecule has 36 heavy (non-hydrogen) atoms. The Hall–Kier alpha value is -3.59. The van der Waals surface area contributed by atoms with Crippen molar-refractivity contribution in [2.24, 2.45) is 0 Å². The highest BCUT2D eigenvalue weighted by Crippen LogP contribution is 2.30. The molecule has 4 rings (SSSR count). The summed E-state index contributed by atoms with van der Waals surface area (Å²) >= 11 is 0. The number of H-pyrrole nitrogens is 1. The minimum atomic E-state index is -0.285. The van der Waals surface area contributed by atoms with Gasteiger partial charge in [0.1, 0.15) is 11.6 Å². The lowest BCUT2D eigenvalue weighted by atomic mass is 10.0. The topological polar surface area (TPSA) is 88.9 Å². The summed E-state index contributed by atoms with van der Waals surface area (Å²) in [6.07, 6.45) is 1.58. The molecule has 0 fully saturated rings. The molecule has 0 spiro atoms. The molecule has 0 saturated carbocycles. The van der Waals surface area contributed by atoms with Crippen molar-refractivity contribution >= 4 is 10.9 Å². The number of benzene rings is 2. The van der Waals surface area contributed by atoms with Gasteiger partial charge in [0.25, 0.3) is 5.56 Å². The minimum absolute atomic E-state index is 0.164. The fourth-order valence-electron chi connectivity index (χ4n) is 4.38. The normalized spacial score (nSPS) is 12.9. The summed E-state index contributed by atoms with van der Waals surface area (Å²) in [4.78, 5) is 18.3. The fourth-order valence-corrected chi connectivity index (χ4v) is 4.38. The molecule has 0 saturated heterocycles. The van der Waals surface area contributed by atoms with Gasteiger partial charge in [0.05, 0.1) is 24.2 Å². The Labute approximate surface area is 210 Å². The third-order valence-electron chi connectivity index (χ3n) is 6.86. The van der Waals surface area contributed by atoms with E-state index < -0.39 is 0 Å². The summed E-state index contributed by atoms with van der Waals surface area (Å²) in [5.74, 6) is 1.14. The zero-order valence-electron chi connectivity index (χ0n) is 21.5. The highest BCUT2D eigenvalue weighted by molar-refractivity contribution is 5.80. The summed E-state index contributed by atoms with van der Waals surface area (Å²) in [6.45, 7) is 9.26. The average molecular weight is 493 g/mol. The molecule has 0 aliphatic heterocycles. The molecule has 1 unspecified atom stereocenters. The summed E-state index contributed by atoms with van der Waals surface area (Å²) in [5, 5.41) is 13.6. The van der Waals surface area contributed by atoms with Gasteiger partial charge in [0.2, 0.25) is 0 Å². The second-order valence-corrected chi connectivity index (χ2v) is 9.65. The first-order valence-corrected chi connectivity index (χ1v) is 12.2. The number of aromatic amines is 1. The first kappa shape index (κ1) is 25.5. The molecule has 1 atom stereocenters. The molecule has 2 aromatic carbocycles. The number of nitrogens with one attached hydrogen (secondary N) is 1. The van der Waals surface area contributed by atoms with Gasteiger partial charge >= 0.3 is 0 Å². The predicted molar refractivity (Wildman–Crippen MR) is 137 cm³/mol. The van der Waals surface area contributed by atoms with Gasteiger partial charge in [-0.2, -0.15) is 0 Å². The number of rotatable bonds is 10. The maximum atomic E-state index is 13.6. The minimum Gasteiger partial charge on any atom is -0.497 e. The fraction of sp³-hybridized carbons (Fsp3) is 0.407. The Morgan fingerprint density at radius 3 is 2.53 bits per heavy atom. The lowest BCUT2D eigenvalue weighted by Crippen LogP contribution is -2.36. The van der Waals surface area contributed by atoms with E-state index in [2.05, 4.69) is 53.1 Å². The van der Waals surface area contributed by atoms with Crippen LogP contribution in [0.15, 0.2) is 53.3 Å². The van der Waals surface area contributed by atoms with Crippen molar-refractivity contribution in [3.63, 3.8) is 0 Å². The van der Waals surface area contributed by atoms with Crippen molar-refractivity contribution in [3.05, 3.63) is 81.7 Å². The van der Waals surface area contributed by atoms with Gasteiger partial charge in [-0.15, -0.1) is 5.10 Å². The maximum Gasteiger partial charge on any atom is 0.252 e. The number of methoxy groups -OCH3 is 1. The Bertz CT molecular complexity index is 1380. The molecule has 0 amide bonds. The molecule has 190 valence electrons. The number of hydrogen-bond donors (Lipinski definition) is 1. The smallest absolute Gasteiger partial charge is 0.252 e. The van der Waals surface area contributed by atoms with Crippen molar-refractivity contribution in [2.45, 2.75) is 65.2 Å². The van der Waals surface area contributed by atoms with Gasteiger partial charge < -0.3 is 9.72 Å². The molecule has 2 heterocycles. The van der Waals surface area contributed by atoms with Crippen LogP contribution < -0.4 is 10.3 Å². The van der Waals surface area contributed by atoms with Crippen LogP contribution in [0.4, 0.5) is 4.39 Å². The van der Waals surface area contributed by atoms with Crippen molar-refractivity contribution in [1.29, 1.82) is 0 Å². The van der Waals surface area contributed by atoms with Crippen molar-refractivity contribution < 1.29 is 9.13 Å². The van der Waals surface area contributed by atoms with Crippen LogP contribution >= 0.6 is 0 Å². The maximum absolute atomic E-state index is 13.6. The van der Waals surface area contributed by atoms with Crippen LogP contribution in [0.5, 0.6) is 5.75 Å². The number of hydrogen-bond acceptors (Lipinski definition) is 6. The third-order valence-corrected chi connectivity index (χ3v) is 6.86. The monoisotopic (exact) mass is 492 g/mol. The van der Waals surface area contributed by atoms with Crippen LogP contribution in [0, 0.1) is 5.82 Å². The number of nitrogens with zero attached hydrogens (tertiary/aromatic N) is 5. The quantitative estimate of drug-likeness (QED) is 0.337. The van der Waals surface area contributed by atoms with Gasteiger partial charge in [-0.3, -0.25) is 9.69 Å². The van der Waals surface area contributed by atoms with Crippen LogP contribution in [0.25, 0.3) is 10.9 Å². The van der Waals surface area contributed by atoms with E-state index >= 15 is 0 Å². The van der Waals surface area contributed by atoms with Crippen LogP contribution in [0.3, 0.4) is 0 Å². The molecule has 9 heteroatoms. The third kappa shape index (κ3) is 5.31. The van der Waals surface area contributed by atoms with Gasteiger partial charge in [-0.1, -0.05) is 26.0 Å². The van der Waals surface area contributed by atoms with E-state index in [0.717, 1.165) is 29.6 Å². The second-order valence-electron chi connectivity index (χ2n) is 9.65. The molecule has 4 aromatic rings. The van der Waals surface area contributed by atoms with E-state index in [1.807, 2.05) is 28.9 Å². The highest BCUT2D eigenvalue weighted by Gasteiger charge is 2.31. The highest BCUT2D eigenvalue weighted by atomic mass is 19.1. The summed E-state index contributed by atoms with van der Waals surface area (Å²) < 4.78 is 20.8. The first-order valence-electron chi connectivity index (χ1n) is 12.2. The Morgan fingerprint density at radius 1 is 1.11 bits per heavy atom. The molecular weight excluding hydrogens is 459 g/mol.